The molecule has 0 aromatic rings. The Kier molecular flexibility index (Phi) is 10.6. The number of carbonyl (C=O) groups is 2. The predicted octanol–water partition coefficient (Wildman–Crippen LogP) is 5.05. The normalized spacial score (nSPS) is 36.5. The number of carbonyl (C=O) groups excluding carboxylic acids is 2. The highest BCUT2D eigenvalue weighted by Gasteiger charge is 2.59. The fraction of sp³-hybridized carbons (Fsp3) is 0.882. The molecule has 10 atom stereocenters. The van der Waals surface area contributed by atoms with Crippen molar-refractivity contribution in [2.24, 2.45) is 46.3 Å². The Hall–Kier alpha value is -1.68. The number of amides is 1. The Bertz CT molecular complexity index is 1030. The van der Waals surface area contributed by atoms with Crippen LogP contribution in [-0.2, 0) is 14.3 Å². The number of allylic oxidation sites excluding steroid dienone is 1. The fourth-order valence-corrected chi connectivity index (χ4v) is 9.79. The van der Waals surface area contributed by atoms with Crippen molar-refractivity contribution in [3.05, 3.63) is 11.6 Å². The van der Waals surface area contributed by atoms with Gasteiger partial charge in [0.25, 0.3) is 5.72 Å². The molecule has 0 saturated heterocycles. The number of fused-ring (bicyclic) bond motifs is 5. The van der Waals surface area contributed by atoms with Crippen LogP contribution in [0.25, 0.3) is 0 Å². The van der Waals surface area contributed by atoms with Crippen molar-refractivity contribution in [3.63, 3.8) is 0 Å². The first kappa shape index (κ1) is 34.2. The van der Waals surface area contributed by atoms with Crippen LogP contribution in [0.2, 0.25) is 0 Å². The summed E-state index contributed by atoms with van der Waals surface area (Å²) in [5.74, 6) is 3.01. The smallest absolute Gasteiger partial charge is 0.410 e. The molecule has 0 bridgehead atoms. The summed E-state index contributed by atoms with van der Waals surface area (Å²) < 4.78 is 10.3. The number of hydrogen-bond acceptors (Lipinski definition) is 8. The van der Waals surface area contributed by atoms with E-state index in [0.717, 1.165) is 36.5 Å². The second kappa shape index (κ2) is 13.4. The molecule has 5 unspecified atom stereocenters. The molecule has 3 fully saturated rings. The summed E-state index contributed by atoms with van der Waals surface area (Å²) in [7, 11) is 0. The van der Waals surface area contributed by atoms with Crippen molar-refractivity contribution in [1.29, 1.82) is 0 Å². The van der Waals surface area contributed by atoms with Crippen LogP contribution < -0.4 is 5.32 Å². The topological polar surface area (TPSA) is 146 Å². The molecular formula is C34H57NO8. The average molecular weight is 608 g/mol. The highest BCUT2D eigenvalue weighted by Crippen LogP contribution is 2.67. The summed E-state index contributed by atoms with van der Waals surface area (Å²) in [6.07, 6.45) is 8.25. The SMILES string of the molecule is CCOC(=O)C(O)(NC(=O)O[C@H]1CC[C@@]2(C)C(=CCC3C2CC[C@@]2(C)C3CC[C@@H]2C(C)CCCC(C)C)C1)[C@H](O)C(O)O. The van der Waals surface area contributed by atoms with Gasteiger partial charge in [-0.25, -0.2) is 9.59 Å². The summed E-state index contributed by atoms with van der Waals surface area (Å²) in [6.45, 7) is 13.5. The molecule has 9 heteroatoms. The minimum absolute atomic E-state index is 0.0599. The minimum Gasteiger partial charge on any atom is -0.462 e. The molecule has 0 aromatic heterocycles. The maximum Gasteiger partial charge on any atom is 0.410 e. The molecule has 0 aromatic carbocycles. The molecule has 5 N–H and O–H groups in total. The van der Waals surface area contributed by atoms with Crippen molar-refractivity contribution in [1.82, 2.24) is 5.32 Å². The Morgan fingerprint density at radius 3 is 2.42 bits per heavy atom. The van der Waals surface area contributed by atoms with Gasteiger partial charge >= 0.3 is 12.1 Å². The molecule has 0 heterocycles. The van der Waals surface area contributed by atoms with Crippen LogP contribution in [0.4, 0.5) is 4.79 Å². The molecule has 9 nitrogen and oxygen atoms in total. The highest BCUT2D eigenvalue weighted by atomic mass is 16.6. The molecule has 4 aliphatic rings. The number of rotatable bonds is 11. The molecule has 4 aliphatic carbocycles. The predicted molar refractivity (Wildman–Crippen MR) is 162 cm³/mol. The van der Waals surface area contributed by atoms with Gasteiger partial charge in [-0.1, -0.05) is 65.5 Å². The number of aliphatic hydroxyl groups excluding tert-OH is 2. The summed E-state index contributed by atoms with van der Waals surface area (Å²) in [4.78, 5) is 25.1. The molecule has 3 saturated carbocycles. The Labute approximate surface area is 257 Å². The lowest BCUT2D eigenvalue weighted by atomic mass is 9.47. The Morgan fingerprint density at radius 1 is 1.05 bits per heavy atom. The first-order chi connectivity index (χ1) is 20.2. The summed E-state index contributed by atoms with van der Waals surface area (Å²) >= 11 is 0. The molecule has 43 heavy (non-hydrogen) atoms. The van der Waals surface area contributed by atoms with E-state index < -0.39 is 36.3 Å². The molecule has 246 valence electrons. The highest BCUT2D eigenvalue weighted by molar-refractivity contribution is 5.84. The Morgan fingerprint density at radius 2 is 1.77 bits per heavy atom. The van der Waals surface area contributed by atoms with E-state index in [1.807, 2.05) is 5.32 Å². The van der Waals surface area contributed by atoms with Gasteiger partial charge < -0.3 is 29.9 Å². The van der Waals surface area contributed by atoms with Gasteiger partial charge in [-0.3, -0.25) is 5.32 Å². The van der Waals surface area contributed by atoms with Crippen LogP contribution in [-0.4, -0.2) is 63.3 Å². The van der Waals surface area contributed by atoms with Crippen LogP contribution in [0.3, 0.4) is 0 Å². The van der Waals surface area contributed by atoms with Crippen molar-refractivity contribution in [2.75, 3.05) is 6.61 Å². The molecule has 0 aliphatic heterocycles. The quantitative estimate of drug-likeness (QED) is 0.125. The van der Waals surface area contributed by atoms with Gasteiger partial charge in [0.15, 0.2) is 12.4 Å². The van der Waals surface area contributed by atoms with Crippen molar-refractivity contribution in [3.8, 4) is 0 Å². The van der Waals surface area contributed by atoms with E-state index in [-0.39, 0.29) is 12.0 Å². The lowest BCUT2D eigenvalue weighted by Gasteiger charge is -2.58. The van der Waals surface area contributed by atoms with Gasteiger partial charge in [0, 0.05) is 6.42 Å². The van der Waals surface area contributed by atoms with Crippen molar-refractivity contribution >= 4 is 12.1 Å². The lowest BCUT2D eigenvalue weighted by Crippen LogP contribution is -2.66. The maximum absolute atomic E-state index is 12.8. The van der Waals surface area contributed by atoms with Crippen molar-refractivity contribution < 1.29 is 39.5 Å². The Balaban J connectivity index is 1.41. The first-order valence-electron chi connectivity index (χ1n) is 16.8. The fourth-order valence-electron chi connectivity index (χ4n) is 9.79. The summed E-state index contributed by atoms with van der Waals surface area (Å²) in [6, 6.07) is 0. The largest absolute Gasteiger partial charge is 0.462 e. The third-order valence-corrected chi connectivity index (χ3v) is 12.1. The average Bonchev–Trinajstić information content (AvgIpc) is 3.29. The number of hydrogen-bond donors (Lipinski definition) is 5. The number of alkyl carbamates (subject to hydrolysis) is 1. The van der Waals surface area contributed by atoms with Crippen molar-refractivity contribution in [2.45, 2.75) is 136 Å². The van der Waals surface area contributed by atoms with E-state index in [2.05, 4.69) is 40.7 Å². The van der Waals surface area contributed by atoms with Gasteiger partial charge in [-0.2, -0.15) is 0 Å². The number of ether oxygens (including phenoxy) is 2. The number of esters is 1. The van der Waals surface area contributed by atoms with Gasteiger partial charge in [0.05, 0.1) is 6.61 Å². The molecular weight excluding hydrogens is 550 g/mol. The lowest BCUT2D eigenvalue weighted by molar-refractivity contribution is -0.219. The minimum atomic E-state index is -3.07. The number of aliphatic hydroxyl groups is 4. The van der Waals surface area contributed by atoms with E-state index in [1.54, 1.807) is 0 Å². The van der Waals surface area contributed by atoms with Crippen LogP contribution in [0, 0.1) is 46.3 Å². The van der Waals surface area contributed by atoms with Crippen LogP contribution in [0.15, 0.2) is 11.6 Å². The van der Waals surface area contributed by atoms with Gasteiger partial charge in [-0.05, 0) is 98.2 Å². The zero-order valence-electron chi connectivity index (χ0n) is 27.2. The second-order valence-corrected chi connectivity index (χ2v) is 15.0. The maximum atomic E-state index is 12.8. The zero-order valence-corrected chi connectivity index (χ0v) is 27.2. The van der Waals surface area contributed by atoms with E-state index in [9.17, 15) is 30.0 Å². The van der Waals surface area contributed by atoms with Gasteiger partial charge in [0.1, 0.15) is 6.10 Å². The molecule has 4 rings (SSSR count). The van der Waals surface area contributed by atoms with E-state index >= 15 is 0 Å². The molecule has 0 radical (unpaired) electrons. The second-order valence-electron chi connectivity index (χ2n) is 15.0. The monoisotopic (exact) mass is 607 g/mol. The summed E-state index contributed by atoms with van der Waals surface area (Å²) in [5, 5.41) is 41.4. The summed E-state index contributed by atoms with van der Waals surface area (Å²) in [5.41, 5.74) is -1.27. The van der Waals surface area contributed by atoms with Crippen LogP contribution in [0.5, 0.6) is 0 Å². The molecule has 1 amide bonds. The zero-order chi connectivity index (χ0) is 31.7. The third-order valence-electron chi connectivity index (χ3n) is 12.1. The van der Waals surface area contributed by atoms with E-state index in [1.165, 1.54) is 57.4 Å². The van der Waals surface area contributed by atoms with Crippen LogP contribution >= 0.6 is 0 Å². The standard InChI is InChI=1S/C34H57NO8/c1-7-42-30(39)34(41,28(36)29(37)38)35-31(40)43-23-15-17-32(5)22(19-23)11-12-24-26-14-13-25(21(4)10-8-9-20(2)3)33(26,6)18-16-27(24)32/h11,20-21,23-29,36-38,41H,7-10,12-19H2,1-6H3,(H,35,40)/t21?,23-,24?,25+,26?,27?,28+,32-,33+,34?/m0/s1. The molecule has 0 spiro atoms. The van der Waals surface area contributed by atoms with Gasteiger partial charge in [-0.15, -0.1) is 0 Å². The number of nitrogens with one attached hydrogen (secondary N) is 1. The first-order valence-corrected chi connectivity index (χ1v) is 16.8. The van der Waals surface area contributed by atoms with Gasteiger partial charge in [0.2, 0.25) is 0 Å². The van der Waals surface area contributed by atoms with Crippen LogP contribution in [0.1, 0.15) is 112 Å². The third kappa shape index (κ3) is 6.66. The van der Waals surface area contributed by atoms with E-state index in [0.29, 0.717) is 30.1 Å². The van der Waals surface area contributed by atoms with E-state index in [4.69, 9.17) is 9.47 Å².